The molecule has 21 heavy (non-hydrogen) atoms. The third kappa shape index (κ3) is 4.47. The Morgan fingerprint density at radius 1 is 1.33 bits per heavy atom. The van der Waals surface area contributed by atoms with E-state index in [4.69, 9.17) is 4.74 Å². The Bertz CT molecular complexity index is 578. The molecule has 1 aromatic carbocycles. The number of aromatic nitrogens is 1. The van der Waals surface area contributed by atoms with Crippen LogP contribution in [0.1, 0.15) is 31.7 Å². The number of hydrogen-bond acceptors (Lipinski definition) is 5. The van der Waals surface area contributed by atoms with Crippen LogP contribution >= 0.6 is 0 Å². The minimum absolute atomic E-state index is 0.834. The highest BCUT2D eigenvalue weighted by molar-refractivity contribution is 5.99. The lowest BCUT2D eigenvalue weighted by Gasteiger charge is -2.04. The van der Waals surface area contributed by atoms with Crippen LogP contribution in [-0.4, -0.2) is 24.9 Å². The second kappa shape index (κ2) is 8.28. The number of benzene rings is 1. The predicted octanol–water partition coefficient (Wildman–Crippen LogP) is 2.30. The van der Waals surface area contributed by atoms with Crippen molar-refractivity contribution in [2.24, 2.45) is 5.10 Å². The molecule has 0 atom stereocenters. The number of methoxy groups -OCH3 is 1. The van der Waals surface area contributed by atoms with Gasteiger partial charge in [0.2, 0.25) is 0 Å². The summed E-state index contributed by atoms with van der Waals surface area (Å²) in [4.78, 5) is 3.20. The summed E-state index contributed by atoms with van der Waals surface area (Å²) in [7, 11) is 1.66. The number of aromatic amines is 1. The Hall–Kier alpha value is -2.05. The number of nitrogens with zero attached hydrogens (tertiary/aromatic N) is 1. The normalized spacial score (nSPS) is 11.3. The summed E-state index contributed by atoms with van der Waals surface area (Å²) in [5, 5.41) is 5.21. The maximum absolute atomic E-state index is 5.24. The summed E-state index contributed by atoms with van der Waals surface area (Å²) in [6.07, 6.45) is 7.28. The minimum Gasteiger partial charge on any atom is -0.497 e. The molecule has 0 bridgehead atoms. The van der Waals surface area contributed by atoms with Gasteiger partial charge in [0.1, 0.15) is 5.75 Å². The zero-order chi connectivity index (χ0) is 14.9. The van der Waals surface area contributed by atoms with Crippen molar-refractivity contribution in [2.75, 3.05) is 13.7 Å². The van der Waals surface area contributed by atoms with E-state index in [1.54, 1.807) is 13.3 Å². The van der Waals surface area contributed by atoms with Gasteiger partial charge in [-0.2, -0.15) is 10.6 Å². The van der Waals surface area contributed by atoms with E-state index in [0.717, 1.165) is 35.2 Å². The van der Waals surface area contributed by atoms with E-state index in [1.165, 1.54) is 12.8 Å². The lowest BCUT2D eigenvalue weighted by molar-refractivity contribution is 0.415. The van der Waals surface area contributed by atoms with Crippen molar-refractivity contribution in [1.29, 1.82) is 0 Å². The molecule has 0 fully saturated rings. The van der Waals surface area contributed by atoms with Gasteiger partial charge in [0.25, 0.3) is 0 Å². The van der Waals surface area contributed by atoms with Gasteiger partial charge in [-0.1, -0.05) is 19.8 Å². The number of ether oxygens (including phenoxy) is 1. The van der Waals surface area contributed by atoms with Gasteiger partial charge in [0.15, 0.2) is 0 Å². The van der Waals surface area contributed by atoms with Crippen LogP contribution in [0.3, 0.4) is 0 Å². The Labute approximate surface area is 124 Å². The van der Waals surface area contributed by atoms with Gasteiger partial charge in [-0.3, -0.25) is 0 Å². The summed E-state index contributed by atoms with van der Waals surface area (Å²) < 4.78 is 5.24. The van der Waals surface area contributed by atoms with Crippen LogP contribution in [0.5, 0.6) is 5.75 Å². The highest BCUT2D eigenvalue weighted by atomic mass is 16.5. The number of hydrazone groups is 1. The first-order valence-corrected chi connectivity index (χ1v) is 7.26. The lowest BCUT2D eigenvalue weighted by Crippen LogP contribution is -2.40. The van der Waals surface area contributed by atoms with E-state index in [-0.39, 0.29) is 0 Å². The van der Waals surface area contributed by atoms with Crippen LogP contribution in [0.4, 0.5) is 0 Å². The van der Waals surface area contributed by atoms with E-state index in [1.807, 2.05) is 24.4 Å². The smallest absolute Gasteiger partial charge is 0.119 e. The van der Waals surface area contributed by atoms with Crippen molar-refractivity contribution in [3.05, 3.63) is 30.0 Å². The molecule has 4 N–H and O–H groups in total. The van der Waals surface area contributed by atoms with Crippen LogP contribution in [-0.2, 0) is 0 Å². The number of H-pyrrole nitrogens is 1. The number of fused-ring (bicyclic) bond motifs is 1. The van der Waals surface area contributed by atoms with E-state index in [2.05, 4.69) is 33.5 Å². The number of rotatable bonds is 9. The first-order chi connectivity index (χ1) is 10.3. The van der Waals surface area contributed by atoms with Crippen LogP contribution < -0.4 is 21.2 Å². The van der Waals surface area contributed by atoms with Gasteiger partial charge in [-0.05, 0) is 24.6 Å². The molecule has 0 spiro atoms. The molecule has 0 aliphatic carbocycles. The number of nitrogens with one attached hydrogen (secondary N) is 4. The summed E-state index contributed by atoms with van der Waals surface area (Å²) >= 11 is 0. The van der Waals surface area contributed by atoms with E-state index < -0.39 is 0 Å². The monoisotopic (exact) mass is 289 g/mol. The second-order valence-corrected chi connectivity index (χ2v) is 4.78. The van der Waals surface area contributed by atoms with Gasteiger partial charge in [-0.25, -0.2) is 11.0 Å². The summed E-state index contributed by atoms with van der Waals surface area (Å²) in [5.74, 6) is 0.834. The average Bonchev–Trinajstić information content (AvgIpc) is 2.92. The van der Waals surface area contributed by atoms with Crippen molar-refractivity contribution in [1.82, 2.24) is 21.5 Å². The fraction of sp³-hybridized carbons (Fsp3) is 0.400. The predicted molar refractivity (Wildman–Crippen MR) is 86.2 cm³/mol. The fourth-order valence-corrected chi connectivity index (χ4v) is 2.05. The van der Waals surface area contributed by atoms with Crippen LogP contribution in [0.25, 0.3) is 10.9 Å². The molecule has 0 radical (unpaired) electrons. The second-order valence-electron chi connectivity index (χ2n) is 4.78. The molecular formula is C15H23N5O. The van der Waals surface area contributed by atoms with Crippen LogP contribution in [0.15, 0.2) is 29.5 Å². The van der Waals surface area contributed by atoms with E-state index >= 15 is 0 Å². The molecule has 6 nitrogen and oxygen atoms in total. The van der Waals surface area contributed by atoms with Crippen molar-refractivity contribution in [2.45, 2.75) is 26.2 Å². The first kappa shape index (κ1) is 15.3. The van der Waals surface area contributed by atoms with Crippen molar-refractivity contribution in [3.8, 4) is 5.75 Å². The SMILES string of the molecule is CCCCCNNN/N=C/c1c[nH]c2ccc(OC)cc12. The molecule has 0 saturated heterocycles. The zero-order valence-electron chi connectivity index (χ0n) is 12.6. The minimum atomic E-state index is 0.834. The van der Waals surface area contributed by atoms with Gasteiger partial charge >= 0.3 is 0 Å². The molecule has 0 aliphatic heterocycles. The third-order valence-electron chi connectivity index (χ3n) is 3.24. The third-order valence-corrected chi connectivity index (χ3v) is 3.24. The van der Waals surface area contributed by atoms with Crippen LogP contribution in [0.2, 0.25) is 0 Å². The van der Waals surface area contributed by atoms with Gasteiger partial charge in [0.05, 0.1) is 13.3 Å². The molecule has 1 heterocycles. The lowest BCUT2D eigenvalue weighted by atomic mass is 10.2. The molecule has 0 amide bonds. The molecular weight excluding hydrogens is 266 g/mol. The Morgan fingerprint density at radius 2 is 2.24 bits per heavy atom. The van der Waals surface area contributed by atoms with Crippen molar-refractivity contribution in [3.63, 3.8) is 0 Å². The van der Waals surface area contributed by atoms with Gasteiger partial charge in [-0.15, -0.1) is 0 Å². The first-order valence-electron chi connectivity index (χ1n) is 7.26. The molecule has 114 valence electrons. The molecule has 1 aromatic heterocycles. The highest BCUT2D eigenvalue weighted by Crippen LogP contribution is 2.22. The largest absolute Gasteiger partial charge is 0.497 e. The molecule has 2 aromatic rings. The molecule has 0 aliphatic rings. The molecule has 0 saturated carbocycles. The Balaban J connectivity index is 1.83. The summed E-state index contributed by atoms with van der Waals surface area (Å²) in [5.41, 5.74) is 10.7. The Kier molecular flexibility index (Phi) is 6.05. The van der Waals surface area contributed by atoms with Crippen molar-refractivity contribution < 1.29 is 4.74 Å². The van der Waals surface area contributed by atoms with Gasteiger partial charge in [0, 0.05) is 29.2 Å². The Morgan fingerprint density at radius 3 is 3.05 bits per heavy atom. The maximum atomic E-state index is 5.24. The average molecular weight is 289 g/mol. The van der Waals surface area contributed by atoms with E-state index in [9.17, 15) is 0 Å². The maximum Gasteiger partial charge on any atom is 0.119 e. The number of unbranched alkanes of at least 4 members (excludes halogenated alkanes) is 2. The highest BCUT2D eigenvalue weighted by Gasteiger charge is 2.02. The number of hydrogen-bond donors (Lipinski definition) is 4. The number of hydrazine groups is 2. The van der Waals surface area contributed by atoms with E-state index in [0.29, 0.717) is 0 Å². The quantitative estimate of drug-likeness (QED) is 0.325. The summed E-state index contributed by atoms with van der Waals surface area (Å²) in [6.45, 7) is 3.10. The topological polar surface area (TPSA) is 73.5 Å². The molecule has 0 unspecified atom stereocenters. The van der Waals surface area contributed by atoms with Gasteiger partial charge < -0.3 is 9.72 Å². The standard InChI is InChI=1S/C15H23N5O/c1-3-4-5-8-17-19-20-18-11-12-10-16-15-7-6-13(21-2)9-14(12)15/h6-7,9-11,16-17,19-20H,3-5,8H2,1-2H3/b18-11+. The van der Waals surface area contributed by atoms with Crippen molar-refractivity contribution >= 4 is 17.1 Å². The zero-order valence-corrected chi connectivity index (χ0v) is 12.6. The molecule has 2 rings (SSSR count). The summed E-state index contributed by atoms with van der Waals surface area (Å²) in [6, 6.07) is 5.91. The fourth-order valence-electron chi connectivity index (χ4n) is 2.05. The molecule has 6 heteroatoms. The van der Waals surface area contributed by atoms with Crippen LogP contribution in [0, 0.1) is 0 Å².